The van der Waals surface area contributed by atoms with Gasteiger partial charge in [-0.15, -0.1) is 0 Å². The lowest BCUT2D eigenvalue weighted by atomic mass is 9.49. The highest BCUT2D eigenvalue weighted by Gasteiger charge is 2.65. The number of phenols is 1. The second-order valence-electron chi connectivity index (χ2n) is 9.18. The maximum atomic E-state index is 12.5. The number of ketones is 1. The van der Waals surface area contributed by atoms with E-state index in [9.17, 15) is 19.8 Å². The van der Waals surface area contributed by atoms with Crippen LogP contribution in [-0.2, 0) is 21.4 Å². The Bertz CT molecular complexity index is 880. The number of primary amides is 1. The summed E-state index contributed by atoms with van der Waals surface area (Å²) in [6, 6.07) is 3.25. The fourth-order valence-corrected chi connectivity index (χ4v) is 6.47. The molecule has 2 aliphatic carbocycles. The van der Waals surface area contributed by atoms with Crippen LogP contribution < -0.4 is 5.73 Å². The van der Waals surface area contributed by atoms with Crippen LogP contribution >= 0.6 is 0 Å². The fraction of sp³-hybridized carbons (Fsp3) is 0.636. The molecule has 0 aromatic heterocycles. The molecule has 4 atom stereocenters. The van der Waals surface area contributed by atoms with Gasteiger partial charge in [0.15, 0.2) is 0 Å². The zero-order valence-corrected chi connectivity index (χ0v) is 16.5. The van der Waals surface area contributed by atoms with Crippen LogP contribution in [0.4, 0.5) is 0 Å². The summed E-state index contributed by atoms with van der Waals surface area (Å²) in [4.78, 5) is 26.7. The van der Waals surface area contributed by atoms with Crippen LogP contribution in [0.15, 0.2) is 12.1 Å². The molecule has 2 bridgehead atoms. The fourth-order valence-electron chi connectivity index (χ4n) is 6.47. The minimum Gasteiger partial charge on any atom is -0.507 e. The minimum absolute atomic E-state index is 0.0544. The SMILES string of the molecule is NC(=O)c1ccc2c(c1O)[C@]13CCN(CC4CCCO4)[C@H](C2)[C@]1(O)CCC(=O)C3. The Morgan fingerprint density at radius 2 is 2.17 bits per heavy atom. The summed E-state index contributed by atoms with van der Waals surface area (Å²) >= 11 is 0. The topological polar surface area (TPSA) is 113 Å². The number of fused-ring (bicyclic) bond motifs is 1. The van der Waals surface area contributed by atoms with Gasteiger partial charge in [0.05, 0.1) is 17.3 Å². The summed E-state index contributed by atoms with van der Waals surface area (Å²) < 4.78 is 5.84. The Morgan fingerprint density at radius 1 is 1.34 bits per heavy atom. The highest BCUT2D eigenvalue weighted by Crippen LogP contribution is 2.59. The molecular formula is C22H28N2O5. The van der Waals surface area contributed by atoms with E-state index in [4.69, 9.17) is 10.5 Å². The molecule has 2 saturated heterocycles. The third-order valence-electron chi connectivity index (χ3n) is 7.81. The largest absolute Gasteiger partial charge is 0.507 e. The average Bonchev–Trinajstić information content (AvgIpc) is 3.17. The monoisotopic (exact) mass is 400 g/mol. The molecule has 0 spiro atoms. The number of piperidine rings is 1. The normalized spacial score (nSPS) is 36.5. The van der Waals surface area contributed by atoms with Crippen molar-refractivity contribution in [2.75, 3.05) is 19.7 Å². The van der Waals surface area contributed by atoms with Crippen molar-refractivity contribution < 1.29 is 24.5 Å². The summed E-state index contributed by atoms with van der Waals surface area (Å²) in [5, 5.41) is 23.1. The van der Waals surface area contributed by atoms with Crippen LogP contribution in [0, 0.1) is 0 Å². The molecule has 1 aromatic rings. The van der Waals surface area contributed by atoms with Crippen molar-refractivity contribution in [2.45, 2.75) is 68.1 Å². The summed E-state index contributed by atoms with van der Waals surface area (Å²) in [6.45, 7) is 2.29. The number of likely N-dealkylation sites (tertiary alicyclic amines) is 1. The first kappa shape index (κ1) is 19.0. The van der Waals surface area contributed by atoms with Gasteiger partial charge in [-0.25, -0.2) is 0 Å². The third kappa shape index (κ3) is 2.60. The van der Waals surface area contributed by atoms with Gasteiger partial charge in [-0.2, -0.15) is 0 Å². The van der Waals surface area contributed by atoms with Crippen LogP contribution in [-0.4, -0.2) is 64.2 Å². The average molecular weight is 400 g/mol. The lowest BCUT2D eigenvalue weighted by Crippen LogP contribution is -2.73. The van der Waals surface area contributed by atoms with Crippen molar-refractivity contribution in [3.8, 4) is 5.75 Å². The molecule has 1 unspecified atom stereocenters. The van der Waals surface area contributed by atoms with Gasteiger partial charge < -0.3 is 20.7 Å². The van der Waals surface area contributed by atoms with Crippen LogP contribution in [0.3, 0.4) is 0 Å². The predicted octanol–water partition coefficient (Wildman–Crippen LogP) is 1.02. The number of hydrogen-bond donors (Lipinski definition) is 3. The number of nitrogens with zero attached hydrogens (tertiary/aromatic N) is 1. The predicted molar refractivity (Wildman–Crippen MR) is 105 cm³/mol. The number of benzene rings is 1. The molecule has 4 N–H and O–H groups in total. The van der Waals surface area contributed by atoms with Gasteiger partial charge in [0, 0.05) is 43.0 Å². The van der Waals surface area contributed by atoms with Crippen molar-refractivity contribution in [3.63, 3.8) is 0 Å². The summed E-state index contributed by atoms with van der Waals surface area (Å²) in [5.74, 6) is -0.766. The summed E-state index contributed by atoms with van der Waals surface area (Å²) in [6.07, 6.45) is 4.32. The number of aliphatic hydroxyl groups is 1. The number of carbonyl (C=O) groups is 2. The summed E-state index contributed by atoms with van der Waals surface area (Å²) in [5.41, 5.74) is 4.98. The van der Waals surface area contributed by atoms with Gasteiger partial charge in [-0.3, -0.25) is 14.5 Å². The van der Waals surface area contributed by atoms with Crippen molar-refractivity contribution in [2.24, 2.45) is 5.73 Å². The molecule has 0 radical (unpaired) electrons. The van der Waals surface area contributed by atoms with Crippen molar-refractivity contribution in [3.05, 3.63) is 28.8 Å². The molecular weight excluding hydrogens is 372 g/mol. The van der Waals surface area contributed by atoms with Gasteiger partial charge >= 0.3 is 0 Å². The number of Topliss-reactive ketones (excluding diaryl/α,β-unsaturated/α-hetero) is 1. The van der Waals surface area contributed by atoms with Crippen molar-refractivity contribution >= 4 is 11.7 Å². The van der Waals surface area contributed by atoms with Crippen molar-refractivity contribution in [1.82, 2.24) is 4.90 Å². The van der Waals surface area contributed by atoms with Crippen LogP contribution in [0.5, 0.6) is 5.75 Å². The maximum absolute atomic E-state index is 12.5. The second-order valence-corrected chi connectivity index (χ2v) is 9.18. The number of aromatic hydroxyl groups is 1. The number of rotatable bonds is 3. The lowest BCUT2D eigenvalue weighted by molar-refractivity contribution is -0.176. The van der Waals surface area contributed by atoms with E-state index in [1.807, 2.05) is 6.07 Å². The Morgan fingerprint density at radius 3 is 2.90 bits per heavy atom. The second kappa shape index (κ2) is 6.52. The first-order chi connectivity index (χ1) is 13.9. The highest BCUT2D eigenvalue weighted by molar-refractivity contribution is 5.96. The molecule has 1 amide bonds. The standard InChI is InChI=1S/C22H28N2O5/c23-20(27)16-4-3-13-10-17-22(28)6-5-14(25)11-21(22,18(13)19(16)26)7-8-24(17)12-15-2-1-9-29-15/h3-4,15,17,26,28H,1-2,5-12H2,(H2,23,27)/t15?,17-,21-,22-/m1/s1. The van der Waals surface area contributed by atoms with Crippen LogP contribution in [0.1, 0.15) is 60.0 Å². The molecule has 2 heterocycles. The molecule has 3 fully saturated rings. The quantitative estimate of drug-likeness (QED) is 0.698. The molecule has 29 heavy (non-hydrogen) atoms. The van der Waals surface area contributed by atoms with Gasteiger partial charge in [-0.05, 0) is 50.3 Å². The number of ether oxygens (including phenoxy) is 1. The van der Waals surface area contributed by atoms with Crippen molar-refractivity contribution in [1.29, 1.82) is 0 Å². The number of nitrogens with two attached hydrogens (primary N) is 1. The molecule has 5 rings (SSSR count). The van der Waals surface area contributed by atoms with Gasteiger partial charge in [0.25, 0.3) is 5.91 Å². The van der Waals surface area contributed by atoms with Crippen LogP contribution in [0.2, 0.25) is 0 Å². The molecule has 7 heteroatoms. The molecule has 1 saturated carbocycles. The zero-order valence-electron chi connectivity index (χ0n) is 16.5. The summed E-state index contributed by atoms with van der Waals surface area (Å²) in [7, 11) is 0. The van der Waals surface area contributed by atoms with E-state index >= 15 is 0 Å². The van der Waals surface area contributed by atoms with E-state index in [-0.39, 0.29) is 35.7 Å². The van der Waals surface area contributed by atoms with Crippen LogP contribution in [0.25, 0.3) is 0 Å². The number of hydrogen-bond acceptors (Lipinski definition) is 6. The van der Waals surface area contributed by atoms with E-state index in [2.05, 4.69) is 4.90 Å². The Labute approximate surface area is 169 Å². The van der Waals surface area contributed by atoms with E-state index in [1.54, 1.807) is 6.07 Å². The first-order valence-electron chi connectivity index (χ1n) is 10.6. The Balaban J connectivity index is 1.63. The lowest BCUT2D eigenvalue weighted by Gasteiger charge is -2.63. The number of carbonyl (C=O) groups excluding carboxylic acids is 2. The van der Waals surface area contributed by atoms with Gasteiger partial charge in [0.2, 0.25) is 0 Å². The molecule has 156 valence electrons. The van der Waals surface area contributed by atoms with E-state index in [0.29, 0.717) is 31.2 Å². The first-order valence-corrected chi connectivity index (χ1v) is 10.6. The maximum Gasteiger partial charge on any atom is 0.252 e. The molecule has 7 nitrogen and oxygen atoms in total. The van der Waals surface area contributed by atoms with E-state index in [0.717, 1.165) is 38.1 Å². The smallest absolute Gasteiger partial charge is 0.252 e. The Hall–Kier alpha value is -1.96. The molecule has 1 aromatic carbocycles. The molecule has 4 aliphatic rings. The van der Waals surface area contributed by atoms with Gasteiger partial charge in [-0.1, -0.05) is 6.07 Å². The minimum atomic E-state index is -1.13. The van der Waals surface area contributed by atoms with Gasteiger partial charge in [0.1, 0.15) is 11.5 Å². The van der Waals surface area contributed by atoms with E-state index in [1.165, 1.54) is 0 Å². The molecule has 2 aliphatic heterocycles. The highest BCUT2D eigenvalue weighted by atomic mass is 16.5. The third-order valence-corrected chi connectivity index (χ3v) is 7.81. The Kier molecular flexibility index (Phi) is 4.28. The zero-order chi connectivity index (χ0) is 20.4. The number of amides is 1. The van der Waals surface area contributed by atoms with E-state index < -0.39 is 16.9 Å².